The van der Waals surface area contributed by atoms with Gasteiger partial charge in [0.15, 0.2) is 0 Å². The minimum atomic E-state index is -3.76. The summed E-state index contributed by atoms with van der Waals surface area (Å²) in [6.45, 7) is 7.75. The van der Waals surface area contributed by atoms with Crippen molar-refractivity contribution in [2.45, 2.75) is 56.5 Å². The number of benzene rings is 1. The first-order valence-electron chi connectivity index (χ1n) is 11.0. The Kier molecular flexibility index (Phi) is 7.82. The summed E-state index contributed by atoms with van der Waals surface area (Å²) in [6, 6.07) is 5.02. The second-order valence-corrected chi connectivity index (χ2v) is 10.3. The highest BCUT2D eigenvalue weighted by molar-refractivity contribution is 7.89. The Morgan fingerprint density at radius 1 is 1.03 bits per heavy atom. The van der Waals surface area contributed by atoms with Crippen LogP contribution in [-0.4, -0.2) is 76.6 Å². The third kappa shape index (κ3) is 5.70. The summed E-state index contributed by atoms with van der Waals surface area (Å²) >= 11 is 0. The predicted molar refractivity (Wildman–Crippen MR) is 119 cm³/mol. The molecule has 3 rings (SSSR count). The monoisotopic (exact) mass is 453 g/mol. The minimum Gasteiger partial charge on any atom is -0.497 e. The van der Waals surface area contributed by atoms with Gasteiger partial charge in [-0.05, 0) is 51.7 Å². The molecule has 1 saturated carbocycles. The maximum absolute atomic E-state index is 13.0. The number of sulfonamides is 1. The van der Waals surface area contributed by atoms with Crippen molar-refractivity contribution in [3.05, 3.63) is 18.2 Å². The van der Waals surface area contributed by atoms with Crippen LogP contribution in [0.1, 0.15) is 39.5 Å². The van der Waals surface area contributed by atoms with E-state index in [0.29, 0.717) is 37.5 Å². The Bertz CT molecular complexity index is 858. The zero-order valence-corrected chi connectivity index (χ0v) is 19.8. The van der Waals surface area contributed by atoms with E-state index in [2.05, 4.69) is 23.5 Å². The van der Waals surface area contributed by atoms with Gasteiger partial charge in [0.05, 0.1) is 14.2 Å². The fourth-order valence-corrected chi connectivity index (χ4v) is 5.94. The van der Waals surface area contributed by atoms with Gasteiger partial charge in [-0.15, -0.1) is 0 Å². The van der Waals surface area contributed by atoms with Gasteiger partial charge in [0.2, 0.25) is 15.9 Å². The number of ether oxygens (including phenoxy) is 2. The van der Waals surface area contributed by atoms with Gasteiger partial charge in [-0.1, -0.05) is 0 Å². The van der Waals surface area contributed by atoms with Crippen LogP contribution >= 0.6 is 0 Å². The van der Waals surface area contributed by atoms with Gasteiger partial charge in [0, 0.05) is 50.2 Å². The third-order valence-electron chi connectivity index (χ3n) is 6.41. The van der Waals surface area contributed by atoms with E-state index >= 15 is 0 Å². The number of nitrogens with one attached hydrogen (secondary N) is 1. The lowest BCUT2D eigenvalue weighted by molar-refractivity contribution is -0.138. The van der Waals surface area contributed by atoms with Crippen LogP contribution < -0.4 is 14.2 Å². The molecule has 0 spiro atoms. The molecule has 2 fully saturated rings. The smallest absolute Gasteiger partial charge is 0.244 e. The van der Waals surface area contributed by atoms with E-state index in [1.165, 1.54) is 20.3 Å². The molecule has 1 aromatic carbocycles. The summed E-state index contributed by atoms with van der Waals surface area (Å²) in [6.07, 6.45) is 2.69. The summed E-state index contributed by atoms with van der Waals surface area (Å²) in [5, 5.41) is 0. The van der Waals surface area contributed by atoms with Gasteiger partial charge in [-0.3, -0.25) is 9.69 Å². The van der Waals surface area contributed by atoms with E-state index in [1.807, 2.05) is 4.90 Å². The molecule has 0 aromatic heterocycles. The van der Waals surface area contributed by atoms with E-state index in [4.69, 9.17) is 9.47 Å². The number of hydrogen-bond acceptors (Lipinski definition) is 6. The van der Waals surface area contributed by atoms with Crippen LogP contribution in [0.25, 0.3) is 0 Å². The molecule has 1 N–H and O–H groups in total. The van der Waals surface area contributed by atoms with Crippen molar-refractivity contribution in [3.8, 4) is 11.5 Å². The largest absolute Gasteiger partial charge is 0.497 e. The van der Waals surface area contributed by atoms with E-state index in [1.54, 1.807) is 12.1 Å². The standard InChI is InChI=1S/C22H35N3O5S/c1-16(2)24-11-13-25(14-12-24)22(26)17-5-7-18(8-6-17)23-31(27,28)21-15-19(29-3)9-10-20(21)30-4/h9-10,15-18,23H,5-8,11-14H2,1-4H3/t17-,18-. The predicted octanol–water partition coefficient (Wildman–Crippen LogP) is 2.09. The molecule has 9 heteroatoms. The Labute approximate surface area is 185 Å². The van der Waals surface area contributed by atoms with Crippen LogP contribution in [0.2, 0.25) is 0 Å². The van der Waals surface area contributed by atoms with E-state index in [0.717, 1.165) is 26.2 Å². The lowest BCUT2D eigenvalue weighted by atomic mass is 9.85. The number of methoxy groups -OCH3 is 2. The van der Waals surface area contributed by atoms with Crippen molar-refractivity contribution in [1.82, 2.24) is 14.5 Å². The minimum absolute atomic E-state index is 0.0160. The summed E-state index contributed by atoms with van der Waals surface area (Å²) in [5.74, 6) is 0.933. The van der Waals surface area contributed by atoms with E-state index < -0.39 is 10.0 Å². The second-order valence-electron chi connectivity index (χ2n) is 8.64. The Balaban J connectivity index is 1.56. The second kappa shape index (κ2) is 10.2. The lowest BCUT2D eigenvalue weighted by Crippen LogP contribution is -2.52. The summed E-state index contributed by atoms with van der Waals surface area (Å²) in [5.41, 5.74) is 0. The molecule has 31 heavy (non-hydrogen) atoms. The Hall–Kier alpha value is -1.84. The molecule has 2 aliphatic rings. The molecule has 1 amide bonds. The topological polar surface area (TPSA) is 88.2 Å². The Morgan fingerprint density at radius 2 is 1.68 bits per heavy atom. The van der Waals surface area contributed by atoms with Crippen LogP contribution in [0.15, 0.2) is 23.1 Å². The van der Waals surface area contributed by atoms with Crippen molar-refractivity contribution in [1.29, 1.82) is 0 Å². The normalized spacial score (nSPS) is 23.1. The van der Waals surface area contributed by atoms with Crippen LogP contribution in [0.5, 0.6) is 11.5 Å². The number of hydrogen-bond donors (Lipinski definition) is 1. The molecule has 1 heterocycles. The SMILES string of the molecule is COc1ccc(OC)c(S(=O)(=O)N[C@H]2CC[C@H](C(=O)N3CCN(C(C)C)CC3)CC2)c1. The zero-order valence-electron chi connectivity index (χ0n) is 19.0. The highest BCUT2D eigenvalue weighted by atomic mass is 32.2. The number of nitrogens with zero attached hydrogens (tertiary/aromatic N) is 2. The first-order chi connectivity index (χ1) is 14.7. The van der Waals surface area contributed by atoms with Crippen molar-refractivity contribution in [2.75, 3.05) is 40.4 Å². The summed E-state index contributed by atoms with van der Waals surface area (Å²) < 4.78 is 39.1. The molecule has 1 aliphatic heterocycles. The molecule has 1 aliphatic carbocycles. The molecule has 1 saturated heterocycles. The van der Waals surface area contributed by atoms with Gasteiger partial charge in [-0.2, -0.15) is 0 Å². The molecule has 0 radical (unpaired) electrons. The van der Waals surface area contributed by atoms with E-state index in [-0.39, 0.29) is 28.5 Å². The van der Waals surface area contributed by atoms with Gasteiger partial charge < -0.3 is 14.4 Å². The lowest BCUT2D eigenvalue weighted by Gasteiger charge is -2.39. The average molecular weight is 454 g/mol. The van der Waals surface area contributed by atoms with Crippen LogP contribution in [0, 0.1) is 5.92 Å². The van der Waals surface area contributed by atoms with Gasteiger partial charge in [0.1, 0.15) is 16.4 Å². The average Bonchev–Trinajstić information content (AvgIpc) is 2.78. The third-order valence-corrected chi connectivity index (χ3v) is 7.96. The highest BCUT2D eigenvalue weighted by Gasteiger charge is 2.33. The summed E-state index contributed by atoms with van der Waals surface area (Å²) in [4.78, 5) is 17.4. The highest BCUT2D eigenvalue weighted by Crippen LogP contribution is 2.31. The molecule has 0 bridgehead atoms. The molecular weight excluding hydrogens is 418 g/mol. The molecule has 174 valence electrons. The molecule has 1 aromatic rings. The maximum Gasteiger partial charge on any atom is 0.244 e. The summed E-state index contributed by atoms with van der Waals surface area (Å²) in [7, 11) is -0.828. The molecule has 0 atom stereocenters. The number of carbonyl (C=O) groups is 1. The van der Waals surface area contributed by atoms with Gasteiger partial charge in [-0.25, -0.2) is 13.1 Å². The van der Waals surface area contributed by atoms with Gasteiger partial charge >= 0.3 is 0 Å². The van der Waals surface area contributed by atoms with Crippen molar-refractivity contribution in [3.63, 3.8) is 0 Å². The molecular formula is C22H35N3O5S. The van der Waals surface area contributed by atoms with Crippen molar-refractivity contribution < 1.29 is 22.7 Å². The van der Waals surface area contributed by atoms with Crippen LogP contribution in [0.3, 0.4) is 0 Å². The number of amides is 1. The molecule has 8 nitrogen and oxygen atoms in total. The van der Waals surface area contributed by atoms with Crippen LogP contribution in [0.4, 0.5) is 0 Å². The fraction of sp³-hybridized carbons (Fsp3) is 0.682. The number of piperazine rings is 1. The molecule has 0 unspecified atom stereocenters. The van der Waals surface area contributed by atoms with Crippen LogP contribution in [-0.2, 0) is 14.8 Å². The van der Waals surface area contributed by atoms with E-state index in [9.17, 15) is 13.2 Å². The maximum atomic E-state index is 13.0. The van der Waals surface area contributed by atoms with Crippen molar-refractivity contribution in [2.24, 2.45) is 5.92 Å². The first kappa shape index (κ1) is 23.8. The fourth-order valence-electron chi connectivity index (χ4n) is 4.45. The number of rotatable bonds is 7. The van der Waals surface area contributed by atoms with Gasteiger partial charge in [0.25, 0.3) is 0 Å². The Morgan fingerprint density at radius 3 is 2.23 bits per heavy atom. The number of carbonyl (C=O) groups excluding carboxylic acids is 1. The van der Waals surface area contributed by atoms with Crippen molar-refractivity contribution >= 4 is 15.9 Å². The first-order valence-corrected chi connectivity index (χ1v) is 12.5. The zero-order chi connectivity index (χ0) is 22.6. The quantitative estimate of drug-likeness (QED) is 0.680.